The largest absolute Gasteiger partial charge is 0.494 e. The monoisotopic (exact) mass is 459 g/mol. The summed E-state index contributed by atoms with van der Waals surface area (Å²) in [5.74, 6) is -0.527. The van der Waals surface area contributed by atoms with E-state index < -0.39 is 21.8 Å². The molecule has 0 radical (unpaired) electrons. The van der Waals surface area contributed by atoms with Gasteiger partial charge in [-0.15, -0.1) is 11.3 Å². The zero-order chi connectivity index (χ0) is 22.3. The third kappa shape index (κ3) is 6.14. The van der Waals surface area contributed by atoms with Gasteiger partial charge in [-0.2, -0.15) is 0 Å². The number of ether oxygens (including phenoxy) is 1. The molecule has 162 valence electrons. The molecule has 1 heterocycles. The summed E-state index contributed by atoms with van der Waals surface area (Å²) < 4.78 is 32.8. The van der Waals surface area contributed by atoms with Crippen LogP contribution in [0.4, 0.5) is 0 Å². The molecule has 3 N–H and O–H groups in total. The van der Waals surface area contributed by atoms with Gasteiger partial charge in [0.2, 0.25) is 10.0 Å². The van der Waals surface area contributed by atoms with Crippen molar-refractivity contribution in [2.45, 2.75) is 18.4 Å². The third-order valence-corrected chi connectivity index (χ3v) is 6.42. The highest BCUT2D eigenvalue weighted by atomic mass is 32.2. The first-order valence-corrected chi connectivity index (χ1v) is 11.7. The SMILES string of the molecule is CCOc1ccc(C(=O)NNC(=O)c2cccc(S(=O)(=O)NCc3cccs3)c2)cc1. The number of carbonyl (C=O) groups excluding carboxylic acids is 2. The molecule has 0 unspecified atom stereocenters. The van der Waals surface area contributed by atoms with Crippen LogP contribution in [-0.4, -0.2) is 26.8 Å². The average Bonchev–Trinajstić information content (AvgIpc) is 3.30. The van der Waals surface area contributed by atoms with Gasteiger partial charge in [0.1, 0.15) is 5.75 Å². The molecule has 0 saturated heterocycles. The molecule has 0 spiro atoms. The Hall–Kier alpha value is -3.21. The highest BCUT2D eigenvalue weighted by molar-refractivity contribution is 7.89. The lowest BCUT2D eigenvalue weighted by Crippen LogP contribution is -2.41. The number of carbonyl (C=O) groups is 2. The highest BCUT2D eigenvalue weighted by Crippen LogP contribution is 2.14. The second kappa shape index (κ2) is 10.2. The lowest BCUT2D eigenvalue weighted by atomic mass is 10.2. The van der Waals surface area contributed by atoms with E-state index in [0.717, 1.165) is 4.88 Å². The minimum Gasteiger partial charge on any atom is -0.494 e. The Balaban J connectivity index is 1.61. The maximum Gasteiger partial charge on any atom is 0.269 e. The molecule has 3 rings (SSSR count). The second-order valence-electron chi connectivity index (χ2n) is 6.30. The molecule has 0 fully saturated rings. The molecule has 0 aliphatic rings. The molecule has 0 aliphatic carbocycles. The number of hydrazine groups is 1. The molecule has 8 nitrogen and oxygen atoms in total. The van der Waals surface area contributed by atoms with E-state index in [1.807, 2.05) is 24.4 Å². The van der Waals surface area contributed by atoms with Crippen LogP contribution in [0, 0.1) is 0 Å². The van der Waals surface area contributed by atoms with Gasteiger partial charge >= 0.3 is 0 Å². The minimum absolute atomic E-state index is 0.0467. The predicted molar refractivity (Wildman–Crippen MR) is 117 cm³/mol. The highest BCUT2D eigenvalue weighted by Gasteiger charge is 2.17. The molecule has 31 heavy (non-hydrogen) atoms. The Morgan fingerprint density at radius 3 is 2.29 bits per heavy atom. The molecule has 10 heteroatoms. The van der Waals surface area contributed by atoms with Crippen LogP contribution in [0.25, 0.3) is 0 Å². The van der Waals surface area contributed by atoms with Crippen LogP contribution in [-0.2, 0) is 16.6 Å². The van der Waals surface area contributed by atoms with E-state index in [0.29, 0.717) is 17.9 Å². The fourth-order valence-electron chi connectivity index (χ4n) is 2.59. The van der Waals surface area contributed by atoms with Crippen molar-refractivity contribution in [3.8, 4) is 5.75 Å². The quantitative estimate of drug-likeness (QED) is 0.448. The Bertz CT molecular complexity index is 1140. The van der Waals surface area contributed by atoms with Crippen LogP contribution in [0.15, 0.2) is 70.9 Å². The molecular weight excluding hydrogens is 438 g/mol. The van der Waals surface area contributed by atoms with Crippen molar-refractivity contribution >= 4 is 33.2 Å². The van der Waals surface area contributed by atoms with E-state index in [9.17, 15) is 18.0 Å². The van der Waals surface area contributed by atoms with E-state index in [2.05, 4.69) is 15.6 Å². The molecule has 0 bridgehead atoms. The first-order valence-electron chi connectivity index (χ1n) is 9.34. The molecule has 0 aliphatic heterocycles. The van der Waals surface area contributed by atoms with Gasteiger partial charge in [0.25, 0.3) is 11.8 Å². The van der Waals surface area contributed by atoms with Gasteiger partial charge in [0, 0.05) is 22.5 Å². The summed E-state index contributed by atoms with van der Waals surface area (Å²) in [6.45, 7) is 2.53. The standard InChI is InChI=1S/C21H21N3O5S2/c1-2-29-17-10-8-15(9-11-17)20(25)23-24-21(26)16-5-3-7-19(13-16)31(27,28)22-14-18-6-4-12-30-18/h3-13,22H,2,14H2,1H3,(H,23,25)(H,24,26). The molecule has 0 atom stereocenters. The van der Waals surface area contributed by atoms with Crippen molar-refractivity contribution in [2.75, 3.05) is 6.61 Å². The lowest BCUT2D eigenvalue weighted by Gasteiger charge is -2.10. The van der Waals surface area contributed by atoms with Crippen molar-refractivity contribution < 1.29 is 22.7 Å². The van der Waals surface area contributed by atoms with Crippen LogP contribution in [0.3, 0.4) is 0 Å². The van der Waals surface area contributed by atoms with E-state index in [4.69, 9.17) is 4.74 Å². The van der Waals surface area contributed by atoms with Gasteiger partial charge < -0.3 is 4.74 Å². The Kier molecular flexibility index (Phi) is 7.40. The number of nitrogens with one attached hydrogen (secondary N) is 3. The van der Waals surface area contributed by atoms with Crippen LogP contribution in [0.1, 0.15) is 32.5 Å². The summed E-state index contributed by atoms with van der Waals surface area (Å²) in [5.41, 5.74) is 5.01. The van der Waals surface area contributed by atoms with Crippen LogP contribution < -0.4 is 20.3 Å². The van der Waals surface area contributed by atoms with Crippen LogP contribution >= 0.6 is 11.3 Å². The zero-order valence-corrected chi connectivity index (χ0v) is 18.3. The van der Waals surface area contributed by atoms with E-state index in [1.54, 1.807) is 24.3 Å². The number of thiophene rings is 1. The van der Waals surface area contributed by atoms with Crippen molar-refractivity contribution in [1.29, 1.82) is 0 Å². The maximum atomic E-state index is 12.5. The number of rotatable bonds is 8. The van der Waals surface area contributed by atoms with E-state index in [-0.39, 0.29) is 17.0 Å². The number of sulfonamides is 1. The summed E-state index contributed by atoms with van der Waals surface area (Å²) >= 11 is 1.44. The number of benzene rings is 2. The fraction of sp³-hybridized carbons (Fsp3) is 0.143. The molecule has 0 saturated carbocycles. The minimum atomic E-state index is -3.80. The molecule has 1 aromatic heterocycles. The summed E-state index contributed by atoms with van der Waals surface area (Å²) in [4.78, 5) is 25.4. The lowest BCUT2D eigenvalue weighted by molar-refractivity contribution is 0.0846. The smallest absolute Gasteiger partial charge is 0.269 e. The van der Waals surface area contributed by atoms with Gasteiger partial charge in [-0.25, -0.2) is 13.1 Å². The van der Waals surface area contributed by atoms with Crippen molar-refractivity contribution in [1.82, 2.24) is 15.6 Å². The Labute approximate surface area is 184 Å². The summed E-state index contributed by atoms with van der Waals surface area (Å²) in [6, 6.07) is 15.7. The van der Waals surface area contributed by atoms with Crippen molar-refractivity contribution in [2.24, 2.45) is 0 Å². The van der Waals surface area contributed by atoms with Crippen molar-refractivity contribution in [3.63, 3.8) is 0 Å². The summed E-state index contributed by atoms with van der Waals surface area (Å²) in [5, 5.41) is 1.86. The predicted octanol–water partition coefficient (Wildman–Crippen LogP) is 2.70. The van der Waals surface area contributed by atoms with E-state index >= 15 is 0 Å². The molecule has 2 amide bonds. The van der Waals surface area contributed by atoms with Gasteiger partial charge in [0.15, 0.2) is 0 Å². The first-order chi connectivity index (χ1) is 14.9. The number of hydrogen-bond acceptors (Lipinski definition) is 6. The molecule has 3 aromatic rings. The van der Waals surface area contributed by atoms with Gasteiger partial charge in [-0.3, -0.25) is 20.4 Å². The zero-order valence-electron chi connectivity index (χ0n) is 16.6. The summed E-state index contributed by atoms with van der Waals surface area (Å²) in [6.07, 6.45) is 0. The fourth-order valence-corrected chi connectivity index (χ4v) is 4.38. The maximum absolute atomic E-state index is 12.5. The van der Waals surface area contributed by atoms with Gasteiger partial charge in [0.05, 0.1) is 11.5 Å². The Morgan fingerprint density at radius 1 is 0.935 bits per heavy atom. The average molecular weight is 460 g/mol. The normalized spacial score (nSPS) is 11.0. The Morgan fingerprint density at radius 2 is 1.65 bits per heavy atom. The van der Waals surface area contributed by atoms with E-state index in [1.165, 1.54) is 35.6 Å². The topological polar surface area (TPSA) is 114 Å². The van der Waals surface area contributed by atoms with Gasteiger partial charge in [-0.05, 0) is 60.8 Å². The van der Waals surface area contributed by atoms with Gasteiger partial charge in [-0.1, -0.05) is 12.1 Å². The molecular formula is C21H21N3O5S2. The first kappa shape index (κ1) is 22.5. The van der Waals surface area contributed by atoms with Crippen molar-refractivity contribution in [3.05, 3.63) is 82.0 Å². The number of hydrogen-bond donors (Lipinski definition) is 3. The number of amides is 2. The summed E-state index contributed by atoms with van der Waals surface area (Å²) in [7, 11) is -3.80. The third-order valence-electron chi connectivity index (χ3n) is 4.14. The van der Waals surface area contributed by atoms with Crippen LogP contribution in [0.5, 0.6) is 5.75 Å². The molecule has 2 aromatic carbocycles. The second-order valence-corrected chi connectivity index (χ2v) is 9.10. The van der Waals surface area contributed by atoms with Crippen LogP contribution in [0.2, 0.25) is 0 Å².